The van der Waals surface area contributed by atoms with Gasteiger partial charge in [-0.25, -0.2) is 0 Å². The molecule has 0 spiro atoms. The summed E-state index contributed by atoms with van der Waals surface area (Å²) in [5.74, 6) is 0.596. The van der Waals surface area contributed by atoms with Gasteiger partial charge in [0.2, 0.25) is 0 Å². The minimum Gasteiger partial charge on any atom is -0.294 e. The Balaban J connectivity index is 1.98. The van der Waals surface area contributed by atoms with Crippen molar-refractivity contribution in [1.29, 1.82) is 0 Å². The van der Waals surface area contributed by atoms with Gasteiger partial charge in [-0.15, -0.1) is 0 Å². The Bertz CT molecular complexity index is 402. The number of alkyl halides is 3. The van der Waals surface area contributed by atoms with Gasteiger partial charge in [0.25, 0.3) is 0 Å². The lowest BCUT2D eigenvalue weighted by molar-refractivity contribution is -0.137. The molecule has 1 aliphatic rings. The monoisotopic (exact) mass is 242 g/mol. The average molecular weight is 242 g/mol. The zero-order valence-electron chi connectivity index (χ0n) is 9.26. The minimum atomic E-state index is -4.34. The number of hydrogen-bond donors (Lipinski definition) is 0. The lowest BCUT2D eigenvalue weighted by atomic mass is 10.0. The summed E-state index contributed by atoms with van der Waals surface area (Å²) >= 11 is 0. The first-order chi connectivity index (χ1) is 7.97. The first-order valence-corrected chi connectivity index (χ1v) is 5.67. The molecule has 1 nitrogen and oxygen atoms in total. The Labute approximate surface area is 97.6 Å². The molecule has 0 heterocycles. The van der Waals surface area contributed by atoms with Gasteiger partial charge in [-0.2, -0.15) is 13.2 Å². The summed E-state index contributed by atoms with van der Waals surface area (Å²) in [6, 6.07) is 4.45. The van der Waals surface area contributed by atoms with Crippen LogP contribution in [-0.4, -0.2) is 5.78 Å². The van der Waals surface area contributed by atoms with Crippen LogP contribution >= 0.6 is 0 Å². The number of carbonyl (C=O) groups excluding carboxylic acids is 1. The maximum atomic E-state index is 12.3. The molecule has 0 unspecified atom stereocenters. The molecule has 1 saturated carbocycles. The Morgan fingerprint density at radius 3 is 2.24 bits per heavy atom. The van der Waals surface area contributed by atoms with Crippen molar-refractivity contribution >= 4 is 5.78 Å². The smallest absolute Gasteiger partial charge is 0.294 e. The van der Waals surface area contributed by atoms with Crippen LogP contribution in [0.4, 0.5) is 13.2 Å². The Hall–Kier alpha value is -1.32. The number of Topliss-reactive ketones (excluding diaryl/α,β-unsaturated/α-hetero) is 1. The van der Waals surface area contributed by atoms with Crippen molar-refractivity contribution in [3.05, 3.63) is 35.4 Å². The Morgan fingerprint density at radius 2 is 1.76 bits per heavy atom. The van der Waals surface area contributed by atoms with Crippen molar-refractivity contribution < 1.29 is 18.0 Å². The molecule has 0 aliphatic heterocycles. The van der Waals surface area contributed by atoms with E-state index in [1.54, 1.807) is 0 Å². The van der Waals surface area contributed by atoms with Gasteiger partial charge >= 0.3 is 6.18 Å². The van der Waals surface area contributed by atoms with E-state index < -0.39 is 11.7 Å². The van der Waals surface area contributed by atoms with Gasteiger partial charge < -0.3 is 0 Å². The van der Waals surface area contributed by atoms with Gasteiger partial charge in [-0.05, 0) is 24.5 Å². The molecule has 0 aromatic heterocycles. The molecule has 4 heteroatoms. The molecule has 1 fully saturated rings. The van der Waals surface area contributed by atoms with Crippen molar-refractivity contribution in [2.45, 2.75) is 31.9 Å². The molecule has 0 atom stereocenters. The number of carbonyl (C=O) groups is 1. The minimum absolute atomic E-state index is 0.0642. The molecule has 0 amide bonds. The maximum Gasteiger partial charge on any atom is 0.416 e. The average Bonchev–Trinajstić information content (AvgIpc) is 3.09. The molecule has 0 N–H and O–H groups in total. The molecule has 1 aliphatic carbocycles. The van der Waals surface area contributed by atoms with Gasteiger partial charge in [0, 0.05) is 12.0 Å². The highest BCUT2D eigenvalue weighted by molar-refractivity contribution is 5.96. The summed E-state index contributed by atoms with van der Waals surface area (Å²) in [6.07, 6.45) is -0.675. The van der Waals surface area contributed by atoms with Crippen molar-refractivity contribution in [1.82, 2.24) is 0 Å². The highest BCUT2D eigenvalue weighted by Crippen LogP contribution is 2.34. The van der Waals surface area contributed by atoms with Crippen LogP contribution in [0.15, 0.2) is 24.3 Å². The Kier molecular flexibility index (Phi) is 3.22. The second-order valence-electron chi connectivity index (χ2n) is 4.48. The second-order valence-corrected chi connectivity index (χ2v) is 4.48. The topological polar surface area (TPSA) is 17.1 Å². The maximum absolute atomic E-state index is 12.3. The number of benzene rings is 1. The quantitative estimate of drug-likeness (QED) is 0.727. The normalized spacial score (nSPS) is 15.9. The van der Waals surface area contributed by atoms with Gasteiger partial charge in [0.05, 0.1) is 5.56 Å². The zero-order chi connectivity index (χ0) is 12.5. The molecule has 2 rings (SSSR count). The molecule has 0 bridgehead atoms. The summed E-state index contributed by atoms with van der Waals surface area (Å²) in [7, 11) is 0. The molecule has 1 aromatic rings. The van der Waals surface area contributed by atoms with Gasteiger partial charge in [0.1, 0.15) is 0 Å². The molecule has 17 heavy (non-hydrogen) atoms. The molecule has 0 saturated heterocycles. The van der Waals surface area contributed by atoms with Crippen LogP contribution in [0.3, 0.4) is 0 Å². The summed E-state index contributed by atoms with van der Waals surface area (Å²) in [6.45, 7) is 0. The van der Waals surface area contributed by atoms with E-state index in [4.69, 9.17) is 0 Å². The fourth-order valence-corrected chi connectivity index (χ4v) is 1.73. The van der Waals surface area contributed by atoms with Crippen molar-refractivity contribution in [3.63, 3.8) is 0 Å². The predicted octanol–water partition coefficient (Wildman–Crippen LogP) is 4.08. The summed E-state index contributed by atoms with van der Waals surface area (Å²) in [4.78, 5) is 11.7. The lowest BCUT2D eigenvalue weighted by Crippen LogP contribution is -2.06. The van der Waals surface area contributed by atoms with Crippen LogP contribution in [0.5, 0.6) is 0 Å². The van der Waals surface area contributed by atoms with E-state index in [2.05, 4.69) is 0 Å². The van der Waals surface area contributed by atoms with Crippen LogP contribution in [0.25, 0.3) is 0 Å². The fourth-order valence-electron chi connectivity index (χ4n) is 1.73. The molecule has 92 valence electrons. The van der Waals surface area contributed by atoms with Crippen LogP contribution in [0.2, 0.25) is 0 Å². The fraction of sp³-hybridized carbons (Fsp3) is 0.462. The molecule has 0 radical (unpaired) electrons. The molecular formula is C13H13F3O. The summed E-state index contributed by atoms with van der Waals surface area (Å²) < 4.78 is 36.9. The number of hydrogen-bond acceptors (Lipinski definition) is 1. The third kappa shape index (κ3) is 3.32. The largest absolute Gasteiger partial charge is 0.416 e. The molecular weight excluding hydrogens is 229 g/mol. The number of halogens is 3. The van der Waals surface area contributed by atoms with E-state index in [0.29, 0.717) is 17.9 Å². The second kappa shape index (κ2) is 4.51. The van der Waals surface area contributed by atoms with E-state index in [-0.39, 0.29) is 5.78 Å². The first-order valence-electron chi connectivity index (χ1n) is 5.67. The third-order valence-electron chi connectivity index (χ3n) is 3.01. The first kappa shape index (κ1) is 12.1. The summed E-state index contributed by atoms with van der Waals surface area (Å²) in [5.41, 5.74) is -0.338. The van der Waals surface area contributed by atoms with E-state index in [1.165, 1.54) is 25.0 Å². The lowest BCUT2D eigenvalue weighted by Gasteiger charge is -2.07. The summed E-state index contributed by atoms with van der Waals surface area (Å²) in [5, 5.41) is 0. The van der Waals surface area contributed by atoms with Crippen LogP contribution < -0.4 is 0 Å². The van der Waals surface area contributed by atoms with E-state index >= 15 is 0 Å². The Morgan fingerprint density at radius 1 is 1.18 bits per heavy atom. The molecule has 1 aromatic carbocycles. The highest BCUT2D eigenvalue weighted by Gasteiger charge is 2.30. The van der Waals surface area contributed by atoms with E-state index in [9.17, 15) is 18.0 Å². The van der Waals surface area contributed by atoms with Crippen LogP contribution in [0.1, 0.15) is 41.6 Å². The van der Waals surface area contributed by atoms with Crippen molar-refractivity contribution in [2.75, 3.05) is 0 Å². The zero-order valence-corrected chi connectivity index (χ0v) is 9.26. The van der Waals surface area contributed by atoms with Gasteiger partial charge in [-0.1, -0.05) is 25.0 Å². The predicted molar refractivity (Wildman–Crippen MR) is 57.7 cm³/mol. The van der Waals surface area contributed by atoms with E-state index in [1.807, 2.05) is 0 Å². The van der Waals surface area contributed by atoms with Crippen molar-refractivity contribution in [3.8, 4) is 0 Å². The van der Waals surface area contributed by atoms with E-state index in [0.717, 1.165) is 18.6 Å². The van der Waals surface area contributed by atoms with Gasteiger partial charge in [0.15, 0.2) is 5.78 Å². The highest BCUT2D eigenvalue weighted by atomic mass is 19.4. The standard InChI is InChI=1S/C13H13F3O/c14-13(15,16)11-6-4-10(5-7-11)12(17)8-3-9-1-2-9/h4-7,9H,1-3,8H2. The van der Waals surface area contributed by atoms with Crippen molar-refractivity contribution in [2.24, 2.45) is 5.92 Å². The van der Waals surface area contributed by atoms with Gasteiger partial charge in [-0.3, -0.25) is 4.79 Å². The number of ketones is 1. The SMILES string of the molecule is O=C(CCC1CC1)c1ccc(C(F)(F)F)cc1. The third-order valence-corrected chi connectivity index (χ3v) is 3.01. The van der Waals surface area contributed by atoms with Crippen LogP contribution in [-0.2, 0) is 6.18 Å². The van der Waals surface area contributed by atoms with Crippen LogP contribution in [0, 0.1) is 5.92 Å². The number of rotatable bonds is 4.